The SMILES string of the molecule is Cc1cccc(C)c1C(N)c1noc(C(C)C)n1. The predicted octanol–water partition coefficient (Wildman–Crippen LogP) is 2.86. The van der Waals surface area contributed by atoms with Crippen LogP contribution in [0.3, 0.4) is 0 Å². The van der Waals surface area contributed by atoms with E-state index in [2.05, 4.69) is 10.1 Å². The van der Waals surface area contributed by atoms with E-state index in [4.69, 9.17) is 10.3 Å². The molecule has 0 saturated heterocycles. The number of benzene rings is 1. The standard InChI is InChI=1S/C14H19N3O/c1-8(2)14-16-13(17-18-14)12(15)11-9(3)6-5-7-10(11)4/h5-8,12H,15H2,1-4H3. The van der Waals surface area contributed by atoms with Crippen LogP contribution in [0.4, 0.5) is 0 Å². The molecule has 96 valence electrons. The van der Waals surface area contributed by atoms with Crippen molar-refractivity contribution >= 4 is 0 Å². The molecule has 18 heavy (non-hydrogen) atoms. The van der Waals surface area contributed by atoms with Crippen LogP contribution < -0.4 is 5.73 Å². The summed E-state index contributed by atoms with van der Waals surface area (Å²) in [7, 11) is 0. The summed E-state index contributed by atoms with van der Waals surface area (Å²) >= 11 is 0. The Bertz CT molecular complexity index is 525. The van der Waals surface area contributed by atoms with Crippen molar-refractivity contribution in [3.05, 3.63) is 46.6 Å². The number of rotatable bonds is 3. The van der Waals surface area contributed by atoms with Crippen molar-refractivity contribution in [2.75, 3.05) is 0 Å². The van der Waals surface area contributed by atoms with Crippen molar-refractivity contribution in [3.8, 4) is 0 Å². The molecule has 4 nitrogen and oxygen atoms in total. The maximum absolute atomic E-state index is 6.25. The largest absolute Gasteiger partial charge is 0.339 e. The van der Waals surface area contributed by atoms with Gasteiger partial charge in [0, 0.05) is 5.92 Å². The quantitative estimate of drug-likeness (QED) is 0.903. The maximum atomic E-state index is 6.25. The first-order valence-electron chi connectivity index (χ1n) is 6.16. The van der Waals surface area contributed by atoms with Crippen LogP contribution >= 0.6 is 0 Å². The zero-order valence-corrected chi connectivity index (χ0v) is 11.3. The summed E-state index contributed by atoms with van der Waals surface area (Å²) in [4.78, 5) is 4.37. The van der Waals surface area contributed by atoms with E-state index in [1.807, 2.05) is 45.9 Å². The van der Waals surface area contributed by atoms with Crippen molar-refractivity contribution in [1.82, 2.24) is 10.1 Å². The highest BCUT2D eigenvalue weighted by Crippen LogP contribution is 2.25. The van der Waals surface area contributed by atoms with Gasteiger partial charge in [0.15, 0.2) is 5.82 Å². The molecule has 0 fully saturated rings. The van der Waals surface area contributed by atoms with E-state index in [1.54, 1.807) is 0 Å². The number of hydrogen-bond donors (Lipinski definition) is 1. The Kier molecular flexibility index (Phi) is 3.48. The number of aromatic nitrogens is 2. The maximum Gasteiger partial charge on any atom is 0.229 e. The smallest absolute Gasteiger partial charge is 0.229 e. The first kappa shape index (κ1) is 12.8. The Labute approximate surface area is 107 Å². The van der Waals surface area contributed by atoms with Gasteiger partial charge in [0.1, 0.15) is 0 Å². The monoisotopic (exact) mass is 245 g/mol. The number of nitrogens with two attached hydrogens (primary N) is 1. The summed E-state index contributed by atoms with van der Waals surface area (Å²) in [5.41, 5.74) is 9.63. The summed E-state index contributed by atoms with van der Waals surface area (Å²) in [6, 6.07) is 5.79. The molecule has 1 heterocycles. The molecule has 0 amide bonds. The molecule has 0 aliphatic rings. The first-order chi connectivity index (χ1) is 8.50. The van der Waals surface area contributed by atoms with Crippen LogP contribution in [0, 0.1) is 13.8 Å². The lowest BCUT2D eigenvalue weighted by Crippen LogP contribution is -2.16. The summed E-state index contributed by atoms with van der Waals surface area (Å²) < 4.78 is 5.21. The van der Waals surface area contributed by atoms with Gasteiger partial charge >= 0.3 is 0 Å². The highest BCUT2D eigenvalue weighted by molar-refractivity contribution is 5.38. The van der Waals surface area contributed by atoms with E-state index in [0.717, 1.165) is 16.7 Å². The molecule has 4 heteroatoms. The van der Waals surface area contributed by atoms with E-state index < -0.39 is 0 Å². The Morgan fingerprint density at radius 1 is 1.17 bits per heavy atom. The van der Waals surface area contributed by atoms with E-state index in [0.29, 0.717) is 11.7 Å². The third-order valence-electron chi connectivity index (χ3n) is 3.08. The molecular weight excluding hydrogens is 226 g/mol. The van der Waals surface area contributed by atoms with Crippen LogP contribution in [0.1, 0.15) is 54.2 Å². The van der Waals surface area contributed by atoms with Crippen LogP contribution in [-0.2, 0) is 0 Å². The van der Waals surface area contributed by atoms with E-state index in [9.17, 15) is 0 Å². The fourth-order valence-electron chi connectivity index (χ4n) is 2.06. The van der Waals surface area contributed by atoms with E-state index in [-0.39, 0.29) is 12.0 Å². The Hall–Kier alpha value is -1.68. The van der Waals surface area contributed by atoms with Gasteiger partial charge in [0.2, 0.25) is 5.89 Å². The van der Waals surface area contributed by atoms with Crippen molar-refractivity contribution in [1.29, 1.82) is 0 Å². The molecule has 0 spiro atoms. The topological polar surface area (TPSA) is 64.9 Å². The third-order valence-corrected chi connectivity index (χ3v) is 3.08. The normalized spacial score (nSPS) is 13.0. The Morgan fingerprint density at radius 3 is 2.28 bits per heavy atom. The second kappa shape index (κ2) is 4.90. The summed E-state index contributed by atoms with van der Waals surface area (Å²) in [5, 5.41) is 3.98. The zero-order chi connectivity index (χ0) is 13.3. The van der Waals surface area contributed by atoms with Crippen LogP contribution in [-0.4, -0.2) is 10.1 Å². The molecule has 1 aromatic heterocycles. The van der Waals surface area contributed by atoms with Gasteiger partial charge in [-0.2, -0.15) is 4.98 Å². The lowest BCUT2D eigenvalue weighted by Gasteiger charge is -2.14. The third kappa shape index (κ3) is 2.29. The highest BCUT2D eigenvalue weighted by atomic mass is 16.5. The van der Waals surface area contributed by atoms with Gasteiger partial charge in [0.25, 0.3) is 0 Å². The molecule has 0 saturated carbocycles. The molecule has 1 atom stereocenters. The Balaban J connectivity index is 2.38. The first-order valence-corrected chi connectivity index (χ1v) is 6.16. The molecule has 0 radical (unpaired) electrons. The fraction of sp³-hybridized carbons (Fsp3) is 0.429. The summed E-state index contributed by atoms with van der Waals surface area (Å²) in [6.45, 7) is 8.13. The lowest BCUT2D eigenvalue weighted by atomic mass is 9.96. The summed E-state index contributed by atoms with van der Waals surface area (Å²) in [5.74, 6) is 1.40. The predicted molar refractivity (Wildman–Crippen MR) is 70.3 cm³/mol. The van der Waals surface area contributed by atoms with Gasteiger partial charge in [-0.3, -0.25) is 0 Å². The van der Waals surface area contributed by atoms with Gasteiger partial charge < -0.3 is 10.3 Å². The van der Waals surface area contributed by atoms with Gasteiger partial charge in [0.05, 0.1) is 6.04 Å². The minimum Gasteiger partial charge on any atom is -0.339 e. The van der Waals surface area contributed by atoms with Gasteiger partial charge in [-0.25, -0.2) is 0 Å². The van der Waals surface area contributed by atoms with Crippen LogP contribution in [0.25, 0.3) is 0 Å². The van der Waals surface area contributed by atoms with Gasteiger partial charge in [-0.15, -0.1) is 0 Å². The minimum atomic E-state index is -0.331. The van der Waals surface area contributed by atoms with Crippen molar-refractivity contribution in [3.63, 3.8) is 0 Å². The zero-order valence-electron chi connectivity index (χ0n) is 11.3. The molecule has 0 aliphatic carbocycles. The van der Waals surface area contributed by atoms with E-state index >= 15 is 0 Å². The van der Waals surface area contributed by atoms with Crippen LogP contribution in [0.2, 0.25) is 0 Å². The average Bonchev–Trinajstić information content (AvgIpc) is 2.77. The van der Waals surface area contributed by atoms with Crippen molar-refractivity contribution in [2.24, 2.45) is 5.73 Å². The molecular formula is C14H19N3O. The number of aryl methyl sites for hydroxylation is 2. The summed E-state index contributed by atoms with van der Waals surface area (Å²) in [6.07, 6.45) is 0. The van der Waals surface area contributed by atoms with Crippen molar-refractivity contribution in [2.45, 2.75) is 39.7 Å². The average molecular weight is 245 g/mol. The molecule has 0 bridgehead atoms. The van der Waals surface area contributed by atoms with Crippen molar-refractivity contribution < 1.29 is 4.52 Å². The Morgan fingerprint density at radius 2 is 1.78 bits per heavy atom. The van der Waals surface area contributed by atoms with Gasteiger partial charge in [-0.05, 0) is 30.5 Å². The van der Waals surface area contributed by atoms with Crippen LogP contribution in [0.15, 0.2) is 22.7 Å². The molecule has 0 aliphatic heterocycles. The number of hydrogen-bond acceptors (Lipinski definition) is 4. The molecule has 2 N–H and O–H groups in total. The highest BCUT2D eigenvalue weighted by Gasteiger charge is 2.20. The lowest BCUT2D eigenvalue weighted by molar-refractivity contribution is 0.359. The van der Waals surface area contributed by atoms with Crippen LogP contribution in [0.5, 0.6) is 0 Å². The number of nitrogens with zero attached hydrogens (tertiary/aromatic N) is 2. The fourth-order valence-corrected chi connectivity index (χ4v) is 2.06. The molecule has 1 aromatic carbocycles. The second-order valence-corrected chi connectivity index (χ2v) is 4.93. The van der Waals surface area contributed by atoms with Gasteiger partial charge in [-0.1, -0.05) is 37.2 Å². The minimum absolute atomic E-state index is 0.219. The second-order valence-electron chi connectivity index (χ2n) is 4.93. The molecule has 2 rings (SSSR count). The molecule has 1 unspecified atom stereocenters. The molecule has 2 aromatic rings. The van der Waals surface area contributed by atoms with E-state index in [1.165, 1.54) is 0 Å².